The number of amides is 3. The van der Waals surface area contributed by atoms with E-state index in [0.717, 1.165) is 16.8 Å². The second-order valence-corrected chi connectivity index (χ2v) is 5.96. The van der Waals surface area contributed by atoms with E-state index in [1.54, 1.807) is 0 Å². The van der Waals surface area contributed by atoms with Gasteiger partial charge in [0, 0.05) is 25.3 Å². The third kappa shape index (κ3) is 3.74. The predicted molar refractivity (Wildman–Crippen MR) is 93.8 cm³/mol. The molecule has 124 valence electrons. The van der Waals surface area contributed by atoms with Crippen LogP contribution in [-0.2, 0) is 11.3 Å². The summed E-state index contributed by atoms with van der Waals surface area (Å²) in [5.41, 5.74) is 3.24. The molecule has 1 saturated heterocycles. The first-order valence-corrected chi connectivity index (χ1v) is 8.07. The summed E-state index contributed by atoms with van der Waals surface area (Å²) in [5, 5.41) is 2.67. The lowest BCUT2D eigenvalue weighted by molar-refractivity contribution is -0.126. The van der Waals surface area contributed by atoms with Crippen LogP contribution < -0.4 is 10.2 Å². The van der Waals surface area contributed by atoms with Crippen LogP contribution in [0.15, 0.2) is 54.6 Å². The SMILES string of the molecule is Cc1cccc(N(CC(=O)N2CCNC2=O)Cc2ccccc2)c1. The van der Waals surface area contributed by atoms with Gasteiger partial charge in [-0.15, -0.1) is 0 Å². The van der Waals surface area contributed by atoms with Gasteiger partial charge in [0.15, 0.2) is 0 Å². The number of imide groups is 1. The molecule has 2 aromatic carbocycles. The van der Waals surface area contributed by atoms with Crippen LogP contribution in [0.3, 0.4) is 0 Å². The zero-order chi connectivity index (χ0) is 16.9. The molecule has 0 atom stereocenters. The second kappa shape index (κ2) is 7.17. The van der Waals surface area contributed by atoms with Gasteiger partial charge in [0.05, 0.1) is 6.54 Å². The summed E-state index contributed by atoms with van der Waals surface area (Å²) in [7, 11) is 0. The van der Waals surface area contributed by atoms with Crippen molar-refractivity contribution in [2.45, 2.75) is 13.5 Å². The number of rotatable bonds is 5. The van der Waals surface area contributed by atoms with Gasteiger partial charge in [-0.2, -0.15) is 0 Å². The highest BCUT2D eigenvalue weighted by Gasteiger charge is 2.27. The number of urea groups is 1. The quantitative estimate of drug-likeness (QED) is 0.920. The van der Waals surface area contributed by atoms with E-state index >= 15 is 0 Å². The van der Waals surface area contributed by atoms with Crippen LogP contribution in [0.1, 0.15) is 11.1 Å². The Hall–Kier alpha value is -2.82. The Labute approximate surface area is 141 Å². The largest absolute Gasteiger partial charge is 0.358 e. The molecule has 0 aromatic heterocycles. The Bertz CT molecular complexity index is 730. The molecule has 0 unspecified atom stereocenters. The fourth-order valence-electron chi connectivity index (χ4n) is 2.83. The zero-order valence-electron chi connectivity index (χ0n) is 13.7. The average Bonchev–Trinajstić information content (AvgIpc) is 3.01. The fraction of sp³-hybridized carbons (Fsp3) is 0.263. The highest BCUT2D eigenvalue weighted by molar-refractivity contribution is 5.97. The Morgan fingerprint density at radius 1 is 1.17 bits per heavy atom. The first-order valence-electron chi connectivity index (χ1n) is 8.07. The van der Waals surface area contributed by atoms with E-state index in [9.17, 15) is 9.59 Å². The van der Waals surface area contributed by atoms with Gasteiger partial charge >= 0.3 is 6.03 Å². The molecule has 3 rings (SSSR count). The van der Waals surface area contributed by atoms with Crippen molar-refractivity contribution in [1.82, 2.24) is 10.2 Å². The average molecular weight is 323 g/mol. The molecule has 3 amide bonds. The first kappa shape index (κ1) is 16.1. The van der Waals surface area contributed by atoms with E-state index in [0.29, 0.717) is 19.6 Å². The van der Waals surface area contributed by atoms with E-state index in [-0.39, 0.29) is 18.5 Å². The molecule has 1 aliphatic rings. The van der Waals surface area contributed by atoms with Gasteiger partial charge in [-0.3, -0.25) is 9.69 Å². The van der Waals surface area contributed by atoms with Gasteiger partial charge in [0.2, 0.25) is 5.91 Å². The number of anilines is 1. The van der Waals surface area contributed by atoms with E-state index in [1.807, 2.05) is 60.4 Å². The smallest absolute Gasteiger partial charge is 0.324 e. The third-order valence-electron chi connectivity index (χ3n) is 4.07. The minimum absolute atomic E-state index is 0.172. The molecule has 5 nitrogen and oxygen atoms in total. The highest BCUT2D eigenvalue weighted by atomic mass is 16.2. The monoisotopic (exact) mass is 323 g/mol. The highest BCUT2D eigenvalue weighted by Crippen LogP contribution is 2.19. The molecule has 2 aromatic rings. The summed E-state index contributed by atoms with van der Waals surface area (Å²) in [4.78, 5) is 27.6. The lowest BCUT2D eigenvalue weighted by atomic mass is 10.1. The van der Waals surface area contributed by atoms with Crippen LogP contribution in [-0.4, -0.2) is 36.5 Å². The number of carbonyl (C=O) groups is 2. The first-order chi connectivity index (χ1) is 11.6. The van der Waals surface area contributed by atoms with Crippen molar-refractivity contribution in [3.8, 4) is 0 Å². The Morgan fingerprint density at radius 3 is 2.62 bits per heavy atom. The van der Waals surface area contributed by atoms with Crippen molar-refractivity contribution in [1.29, 1.82) is 0 Å². The molecule has 1 N–H and O–H groups in total. The lowest BCUT2D eigenvalue weighted by Gasteiger charge is -2.26. The van der Waals surface area contributed by atoms with Crippen molar-refractivity contribution in [2.24, 2.45) is 0 Å². The molecule has 1 aliphatic heterocycles. The van der Waals surface area contributed by atoms with Gasteiger partial charge in [0.25, 0.3) is 0 Å². The van der Waals surface area contributed by atoms with E-state index in [1.165, 1.54) is 4.90 Å². The number of carbonyl (C=O) groups excluding carboxylic acids is 2. The van der Waals surface area contributed by atoms with Crippen molar-refractivity contribution in [3.05, 3.63) is 65.7 Å². The Morgan fingerprint density at radius 2 is 1.96 bits per heavy atom. The van der Waals surface area contributed by atoms with Crippen LogP contribution in [0.2, 0.25) is 0 Å². The predicted octanol–water partition coefficient (Wildman–Crippen LogP) is 2.55. The minimum atomic E-state index is -0.302. The van der Waals surface area contributed by atoms with Crippen LogP contribution in [0.25, 0.3) is 0 Å². The summed E-state index contributed by atoms with van der Waals surface area (Å²) in [6.45, 7) is 3.77. The molecule has 0 radical (unpaired) electrons. The number of hydrogen-bond donors (Lipinski definition) is 1. The maximum Gasteiger partial charge on any atom is 0.324 e. The summed E-state index contributed by atoms with van der Waals surface area (Å²) >= 11 is 0. The number of aryl methyl sites for hydroxylation is 1. The second-order valence-electron chi connectivity index (χ2n) is 5.96. The fourth-order valence-corrected chi connectivity index (χ4v) is 2.83. The summed E-state index contributed by atoms with van der Waals surface area (Å²) in [6.07, 6.45) is 0. The molecular formula is C19H21N3O2. The number of hydrogen-bond acceptors (Lipinski definition) is 3. The molecule has 0 saturated carbocycles. The molecule has 1 fully saturated rings. The van der Waals surface area contributed by atoms with Gasteiger partial charge in [0.1, 0.15) is 0 Å². The van der Waals surface area contributed by atoms with Crippen LogP contribution in [0.5, 0.6) is 0 Å². The molecule has 1 heterocycles. The lowest BCUT2D eigenvalue weighted by Crippen LogP contribution is -2.42. The zero-order valence-corrected chi connectivity index (χ0v) is 13.7. The minimum Gasteiger partial charge on any atom is -0.358 e. The van der Waals surface area contributed by atoms with E-state index < -0.39 is 0 Å². The van der Waals surface area contributed by atoms with Gasteiger partial charge in [-0.25, -0.2) is 4.79 Å². The van der Waals surface area contributed by atoms with Gasteiger partial charge in [-0.05, 0) is 30.2 Å². The van der Waals surface area contributed by atoms with Crippen molar-refractivity contribution in [3.63, 3.8) is 0 Å². The normalized spacial score (nSPS) is 13.7. The topological polar surface area (TPSA) is 52.7 Å². The summed E-state index contributed by atoms with van der Waals surface area (Å²) in [5.74, 6) is -0.178. The Kier molecular flexibility index (Phi) is 4.79. The number of nitrogens with zero attached hydrogens (tertiary/aromatic N) is 2. The molecule has 5 heteroatoms. The molecule has 0 aliphatic carbocycles. The number of benzene rings is 2. The molecule has 24 heavy (non-hydrogen) atoms. The van der Waals surface area contributed by atoms with Gasteiger partial charge in [-0.1, -0.05) is 42.5 Å². The maximum absolute atomic E-state index is 12.5. The van der Waals surface area contributed by atoms with Crippen LogP contribution >= 0.6 is 0 Å². The third-order valence-corrected chi connectivity index (χ3v) is 4.07. The van der Waals surface area contributed by atoms with E-state index in [4.69, 9.17) is 0 Å². The Balaban J connectivity index is 1.81. The van der Waals surface area contributed by atoms with Crippen molar-refractivity contribution in [2.75, 3.05) is 24.5 Å². The van der Waals surface area contributed by atoms with Crippen molar-refractivity contribution < 1.29 is 9.59 Å². The summed E-state index contributed by atoms with van der Waals surface area (Å²) < 4.78 is 0. The molecule has 0 bridgehead atoms. The van der Waals surface area contributed by atoms with Crippen molar-refractivity contribution >= 4 is 17.6 Å². The standard InChI is InChI=1S/C19H21N3O2/c1-15-6-5-9-17(12-15)21(13-16-7-3-2-4-8-16)14-18(23)22-11-10-20-19(22)24/h2-9,12H,10-11,13-14H2,1H3,(H,20,24). The van der Waals surface area contributed by atoms with Crippen LogP contribution in [0, 0.1) is 6.92 Å². The maximum atomic E-state index is 12.5. The van der Waals surface area contributed by atoms with Crippen LogP contribution in [0.4, 0.5) is 10.5 Å². The summed E-state index contributed by atoms with van der Waals surface area (Å²) in [6, 6.07) is 17.8. The van der Waals surface area contributed by atoms with E-state index in [2.05, 4.69) is 11.4 Å². The number of nitrogens with one attached hydrogen (secondary N) is 1. The molecule has 0 spiro atoms. The van der Waals surface area contributed by atoms with Gasteiger partial charge < -0.3 is 10.2 Å². The molecular weight excluding hydrogens is 302 g/mol.